The number of amides is 1. The molecule has 0 bridgehead atoms. The van der Waals surface area contributed by atoms with Gasteiger partial charge in [0.05, 0.1) is 5.54 Å². The Bertz CT molecular complexity index is 558. The molecule has 0 aromatic heterocycles. The van der Waals surface area contributed by atoms with Crippen LogP contribution in [0.25, 0.3) is 0 Å². The Morgan fingerprint density at radius 3 is 2.78 bits per heavy atom. The summed E-state index contributed by atoms with van der Waals surface area (Å²) >= 11 is 0. The summed E-state index contributed by atoms with van der Waals surface area (Å²) in [5, 5.41) is 3.22. The van der Waals surface area contributed by atoms with E-state index in [9.17, 15) is 9.18 Å². The van der Waals surface area contributed by atoms with Crippen LogP contribution < -0.4 is 11.1 Å². The van der Waals surface area contributed by atoms with E-state index < -0.39 is 5.54 Å². The zero-order valence-electron chi connectivity index (χ0n) is 13.4. The smallest absolute Gasteiger partial charge is 0.223 e. The van der Waals surface area contributed by atoms with E-state index in [-0.39, 0.29) is 23.7 Å². The van der Waals surface area contributed by atoms with E-state index in [4.69, 9.17) is 10.5 Å². The number of benzene rings is 1. The molecule has 1 aliphatic heterocycles. The molecule has 2 aliphatic rings. The van der Waals surface area contributed by atoms with Gasteiger partial charge in [0.2, 0.25) is 5.91 Å². The van der Waals surface area contributed by atoms with Gasteiger partial charge in [-0.05, 0) is 49.8 Å². The fraction of sp³-hybridized carbons (Fsp3) is 0.611. The molecule has 4 nitrogen and oxygen atoms in total. The van der Waals surface area contributed by atoms with Crippen LogP contribution in [-0.4, -0.2) is 25.2 Å². The van der Waals surface area contributed by atoms with Gasteiger partial charge in [-0.1, -0.05) is 18.6 Å². The number of hydrogen-bond donors (Lipinski definition) is 2. The molecule has 1 aromatic carbocycles. The van der Waals surface area contributed by atoms with Crippen LogP contribution in [0.15, 0.2) is 24.3 Å². The summed E-state index contributed by atoms with van der Waals surface area (Å²) in [7, 11) is 0. The van der Waals surface area contributed by atoms with Crippen molar-refractivity contribution in [3.8, 4) is 0 Å². The molecule has 2 fully saturated rings. The van der Waals surface area contributed by atoms with Crippen molar-refractivity contribution in [3.63, 3.8) is 0 Å². The van der Waals surface area contributed by atoms with Gasteiger partial charge in [-0.15, -0.1) is 0 Å². The number of hydrogen-bond acceptors (Lipinski definition) is 3. The summed E-state index contributed by atoms with van der Waals surface area (Å²) in [6.07, 6.45) is 4.95. The highest BCUT2D eigenvalue weighted by Crippen LogP contribution is 2.34. The zero-order chi connectivity index (χ0) is 16.3. The second kappa shape index (κ2) is 6.97. The summed E-state index contributed by atoms with van der Waals surface area (Å²) in [4.78, 5) is 12.8. The predicted molar refractivity (Wildman–Crippen MR) is 86.2 cm³/mol. The molecule has 2 unspecified atom stereocenters. The first kappa shape index (κ1) is 16.4. The van der Waals surface area contributed by atoms with Crippen molar-refractivity contribution in [1.82, 2.24) is 5.32 Å². The van der Waals surface area contributed by atoms with Gasteiger partial charge in [-0.3, -0.25) is 4.79 Å². The van der Waals surface area contributed by atoms with Crippen LogP contribution in [0.3, 0.4) is 0 Å². The summed E-state index contributed by atoms with van der Waals surface area (Å²) < 4.78 is 19.1. The molecule has 23 heavy (non-hydrogen) atoms. The molecule has 1 aromatic rings. The van der Waals surface area contributed by atoms with E-state index in [1.807, 2.05) is 6.07 Å². The van der Waals surface area contributed by atoms with E-state index in [0.717, 1.165) is 31.2 Å². The van der Waals surface area contributed by atoms with Crippen LogP contribution in [0.1, 0.15) is 44.1 Å². The van der Waals surface area contributed by atoms with Crippen molar-refractivity contribution in [1.29, 1.82) is 0 Å². The molecule has 1 heterocycles. The summed E-state index contributed by atoms with van der Waals surface area (Å²) in [5.74, 6) is -0.263. The number of nitrogens with one attached hydrogen (secondary N) is 1. The van der Waals surface area contributed by atoms with E-state index in [1.165, 1.54) is 12.1 Å². The number of carbonyl (C=O) groups excluding carboxylic acids is 1. The maximum Gasteiger partial charge on any atom is 0.223 e. The molecular weight excluding hydrogens is 295 g/mol. The van der Waals surface area contributed by atoms with Gasteiger partial charge < -0.3 is 15.8 Å². The largest absolute Gasteiger partial charge is 0.381 e. The third-order valence-corrected chi connectivity index (χ3v) is 5.17. The Balaban J connectivity index is 1.80. The second-order valence-corrected chi connectivity index (χ2v) is 6.82. The van der Waals surface area contributed by atoms with Crippen molar-refractivity contribution < 1.29 is 13.9 Å². The average Bonchev–Trinajstić information content (AvgIpc) is 2.56. The van der Waals surface area contributed by atoms with E-state index >= 15 is 0 Å². The monoisotopic (exact) mass is 320 g/mol. The Morgan fingerprint density at radius 2 is 2.09 bits per heavy atom. The van der Waals surface area contributed by atoms with Crippen LogP contribution in [0, 0.1) is 11.7 Å². The maximum atomic E-state index is 13.7. The van der Waals surface area contributed by atoms with Crippen molar-refractivity contribution in [3.05, 3.63) is 35.6 Å². The first-order valence-electron chi connectivity index (χ1n) is 8.50. The maximum absolute atomic E-state index is 13.7. The van der Waals surface area contributed by atoms with E-state index in [1.54, 1.807) is 6.07 Å². The second-order valence-electron chi connectivity index (χ2n) is 6.82. The minimum absolute atomic E-state index is 0.0352. The summed E-state index contributed by atoms with van der Waals surface area (Å²) in [6, 6.07) is 6.65. The SMILES string of the molecule is NC1CCCC(C(=O)NC2(c3cccc(F)c3)CCOCC2)C1. The molecule has 1 saturated carbocycles. The minimum atomic E-state index is -0.529. The Hall–Kier alpha value is -1.46. The molecule has 2 atom stereocenters. The van der Waals surface area contributed by atoms with Gasteiger partial charge in [0.15, 0.2) is 0 Å². The average molecular weight is 320 g/mol. The number of ether oxygens (including phenoxy) is 1. The van der Waals surface area contributed by atoms with Crippen LogP contribution in [-0.2, 0) is 15.1 Å². The van der Waals surface area contributed by atoms with Gasteiger partial charge >= 0.3 is 0 Å². The molecule has 1 amide bonds. The lowest BCUT2D eigenvalue weighted by Crippen LogP contribution is -2.52. The molecule has 0 radical (unpaired) electrons. The van der Waals surface area contributed by atoms with E-state index in [2.05, 4.69) is 5.32 Å². The highest BCUT2D eigenvalue weighted by molar-refractivity contribution is 5.80. The van der Waals surface area contributed by atoms with Crippen molar-refractivity contribution in [2.45, 2.75) is 50.1 Å². The zero-order valence-corrected chi connectivity index (χ0v) is 13.4. The van der Waals surface area contributed by atoms with Gasteiger partial charge in [0.25, 0.3) is 0 Å². The van der Waals surface area contributed by atoms with Crippen LogP contribution in [0.5, 0.6) is 0 Å². The Labute approximate surface area is 136 Å². The Kier molecular flexibility index (Phi) is 4.97. The molecule has 1 saturated heterocycles. The van der Waals surface area contributed by atoms with Crippen LogP contribution in [0.2, 0.25) is 0 Å². The number of nitrogens with two attached hydrogens (primary N) is 1. The van der Waals surface area contributed by atoms with Crippen molar-refractivity contribution in [2.24, 2.45) is 11.7 Å². The quantitative estimate of drug-likeness (QED) is 0.899. The van der Waals surface area contributed by atoms with Crippen LogP contribution in [0.4, 0.5) is 4.39 Å². The normalized spacial score (nSPS) is 27.4. The van der Waals surface area contributed by atoms with E-state index in [0.29, 0.717) is 26.1 Å². The third-order valence-electron chi connectivity index (χ3n) is 5.17. The lowest BCUT2D eigenvalue weighted by Gasteiger charge is -2.40. The first-order chi connectivity index (χ1) is 11.1. The fourth-order valence-corrected chi connectivity index (χ4v) is 3.80. The van der Waals surface area contributed by atoms with Gasteiger partial charge in [-0.25, -0.2) is 4.39 Å². The van der Waals surface area contributed by atoms with Gasteiger partial charge in [0, 0.05) is 25.2 Å². The summed E-state index contributed by atoms with van der Waals surface area (Å²) in [5.41, 5.74) is 6.31. The van der Waals surface area contributed by atoms with Crippen molar-refractivity contribution >= 4 is 5.91 Å². The summed E-state index contributed by atoms with van der Waals surface area (Å²) in [6.45, 7) is 1.14. The third kappa shape index (κ3) is 3.72. The molecule has 3 N–H and O–H groups in total. The number of carbonyl (C=O) groups is 1. The standard InChI is InChI=1S/C18H25FN2O2/c19-15-5-2-4-14(12-15)18(7-9-23-10-8-18)21-17(22)13-3-1-6-16(20)11-13/h2,4-5,12-13,16H,1,3,6-11,20H2,(H,21,22). The highest BCUT2D eigenvalue weighted by atomic mass is 19.1. The lowest BCUT2D eigenvalue weighted by molar-refractivity contribution is -0.129. The Morgan fingerprint density at radius 1 is 1.30 bits per heavy atom. The van der Waals surface area contributed by atoms with Gasteiger partial charge in [0.1, 0.15) is 5.82 Å². The predicted octanol–water partition coefficient (Wildman–Crippen LogP) is 2.47. The molecule has 1 aliphatic carbocycles. The van der Waals surface area contributed by atoms with Crippen molar-refractivity contribution in [2.75, 3.05) is 13.2 Å². The molecule has 5 heteroatoms. The minimum Gasteiger partial charge on any atom is -0.381 e. The molecule has 3 rings (SSSR count). The topological polar surface area (TPSA) is 64.4 Å². The number of rotatable bonds is 3. The highest BCUT2D eigenvalue weighted by Gasteiger charge is 2.38. The lowest BCUT2D eigenvalue weighted by atomic mass is 9.80. The van der Waals surface area contributed by atoms with Gasteiger partial charge in [-0.2, -0.15) is 0 Å². The molecule has 0 spiro atoms. The molecule has 126 valence electrons. The first-order valence-corrected chi connectivity index (χ1v) is 8.50. The number of halogens is 1. The van der Waals surface area contributed by atoms with Crippen LogP contribution >= 0.6 is 0 Å². The molecular formula is C18H25FN2O2. The fourth-order valence-electron chi connectivity index (χ4n) is 3.80.